The lowest BCUT2D eigenvalue weighted by Crippen LogP contribution is -2.34. The Kier molecular flexibility index (Phi) is 11.6. The highest BCUT2D eigenvalue weighted by Crippen LogP contribution is 2.15. The van der Waals surface area contributed by atoms with E-state index in [0.29, 0.717) is 30.8 Å². The Bertz CT molecular complexity index is 934. The standard InChI is InChI=1S/C25H31N3O4S/c1-2-9-22(29)26-20-13-6-14-21(18-20)27-25(33)28-23(30)15-7-16-24(31)32-17-8-12-19-10-4-3-5-11-19/h3-6,10-11,13-14,18H,2,7-9,12,15-17H2,1H3,(H,26,29)(H2,27,28,30,33). The van der Waals surface area contributed by atoms with Crippen LogP contribution in [0.1, 0.15) is 51.0 Å². The van der Waals surface area contributed by atoms with Crippen molar-refractivity contribution in [1.29, 1.82) is 0 Å². The van der Waals surface area contributed by atoms with E-state index in [9.17, 15) is 14.4 Å². The van der Waals surface area contributed by atoms with Gasteiger partial charge in [-0.3, -0.25) is 14.4 Å². The Morgan fingerprint density at radius 2 is 1.58 bits per heavy atom. The molecule has 0 heterocycles. The average Bonchev–Trinajstić information content (AvgIpc) is 2.77. The van der Waals surface area contributed by atoms with E-state index in [4.69, 9.17) is 17.0 Å². The minimum absolute atomic E-state index is 0.0553. The summed E-state index contributed by atoms with van der Waals surface area (Å²) >= 11 is 5.18. The van der Waals surface area contributed by atoms with Crippen LogP contribution in [-0.2, 0) is 25.5 Å². The fourth-order valence-electron chi connectivity index (χ4n) is 3.05. The van der Waals surface area contributed by atoms with Crippen LogP contribution in [0.5, 0.6) is 0 Å². The summed E-state index contributed by atoms with van der Waals surface area (Å²) in [5.41, 5.74) is 2.51. The molecule has 0 spiro atoms. The number of nitrogens with one attached hydrogen (secondary N) is 3. The third-order valence-electron chi connectivity index (χ3n) is 4.63. The molecule has 0 aliphatic carbocycles. The van der Waals surface area contributed by atoms with Gasteiger partial charge in [-0.15, -0.1) is 0 Å². The Hall–Kier alpha value is -3.26. The Morgan fingerprint density at radius 1 is 0.848 bits per heavy atom. The largest absolute Gasteiger partial charge is 0.466 e. The van der Waals surface area contributed by atoms with Crippen LogP contribution >= 0.6 is 12.2 Å². The van der Waals surface area contributed by atoms with Crippen LogP contribution in [0, 0.1) is 0 Å². The smallest absolute Gasteiger partial charge is 0.305 e. The number of aryl methyl sites for hydroxylation is 1. The summed E-state index contributed by atoms with van der Waals surface area (Å²) in [4.78, 5) is 35.6. The Morgan fingerprint density at radius 3 is 2.30 bits per heavy atom. The monoisotopic (exact) mass is 469 g/mol. The van der Waals surface area contributed by atoms with Crippen molar-refractivity contribution in [3.05, 3.63) is 60.2 Å². The maximum Gasteiger partial charge on any atom is 0.305 e. The lowest BCUT2D eigenvalue weighted by atomic mass is 10.1. The van der Waals surface area contributed by atoms with Crippen molar-refractivity contribution in [2.75, 3.05) is 17.2 Å². The topological polar surface area (TPSA) is 96.5 Å². The summed E-state index contributed by atoms with van der Waals surface area (Å²) in [6.45, 7) is 2.31. The van der Waals surface area contributed by atoms with Crippen LogP contribution in [0.2, 0.25) is 0 Å². The summed E-state index contributed by atoms with van der Waals surface area (Å²) in [5.74, 6) is -0.643. The molecule has 2 aromatic rings. The van der Waals surface area contributed by atoms with Crippen LogP contribution in [0.3, 0.4) is 0 Å². The number of thiocarbonyl (C=S) groups is 1. The molecule has 2 rings (SSSR count). The van der Waals surface area contributed by atoms with E-state index in [0.717, 1.165) is 19.3 Å². The third-order valence-corrected chi connectivity index (χ3v) is 4.84. The van der Waals surface area contributed by atoms with E-state index in [-0.39, 0.29) is 35.7 Å². The predicted molar refractivity (Wildman–Crippen MR) is 134 cm³/mol. The molecule has 2 amide bonds. The first-order valence-electron chi connectivity index (χ1n) is 11.2. The van der Waals surface area contributed by atoms with Crippen molar-refractivity contribution in [2.45, 2.75) is 51.9 Å². The molecule has 0 aliphatic rings. The molecular weight excluding hydrogens is 438 g/mol. The summed E-state index contributed by atoms with van der Waals surface area (Å²) in [5, 5.41) is 8.48. The van der Waals surface area contributed by atoms with Gasteiger partial charge in [-0.25, -0.2) is 0 Å². The highest BCUT2D eigenvalue weighted by molar-refractivity contribution is 7.80. The molecule has 0 fully saturated rings. The number of rotatable bonds is 12. The van der Waals surface area contributed by atoms with Gasteiger partial charge in [0.25, 0.3) is 0 Å². The van der Waals surface area contributed by atoms with Gasteiger partial charge < -0.3 is 20.7 Å². The molecule has 33 heavy (non-hydrogen) atoms. The number of anilines is 2. The van der Waals surface area contributed by atoms with Crippen LogP contribution < -0.4 is 16.0 Å². The van der Waals surface area contributed by atoms with E-state index >= 15 is 0 Å². The molecule has 0 unspecified atom stereocenters. The predicted octanol–water partition coefficient (Wildman–Crippen LogP) is 4.58. The number of hydrogen-bond donors (Lipinski definition) is 3. The van der Waals surface area contributed by atoms with Gasteiger partial charge in [0.1, 0.15) is 0 Å². The van der Waals surface area contributed by atoms with Crippen LogP contribution in [0.15, 0.2) is 54.6 Å². The molecule has 0 saturated heterocycles. The molecule has 0 aliphatic heterocycles. The zero-order chi connectivity index (χ0) is 23.9. The second kappa shape index (κ2) is 14.7. The first-order chi connectivity index (χ1) is 16.0. The van der Waals surface area contributed by atoms with Crippen molar-refractivity contribution < 1.29 is 19.1 Å². The highest BCUT2D eigenvalue weighted by Gasteiger charge is 2.09. The molecule has 2 aromatic carbocycles. The molecule has 0 saturated carbocycles. The van der Waals surface area contributed by atoms with E-state index < -0.39 is 0 Å². The Balaban J connectivity index is 1.60. The Labute approximate surface area is 200 Å². The van der Waals surface area contributed by atoms with Gasteiger partial charge in [-0.05, 0) is 61.7 Å². The first kappa shape index (κ1) is 26.0. The van der Waals surface area contributed by atoms with Gasteiger partial charge in [0.05, 0.1) is 6.61 Å². The van der Waals surface area contributed by atoms with Gasteiger partial charge >= 0.3 is 5.97 Å². The number of amides is 2. The van der Waals surface area contributed by atoms with Crippen LogP contribution in [0.4, 0.5) is 11.4 Å². The van der Waals surface area contributed by atoms with Crippen molar-refractivity contribution in [3.8, 4) is 0 Å². The molecule has 8 heteroatoms. The normalized spacial score (nSPS) is 10.2. The van der Waals surface area contributed by atoms with Crippen molar-refractivity contribution in [2.24, 2.45) is 0 Å². The summed E-state index contributed by atoms with van der Waals surface area (Å²) in [6, 6.07) is 17.1. The van der Waals surface area contributed by atoms with Crippen molar-refractivity contribution >= 4 is 46.5 Å². The van der Waals surface area contributed by atoms with Crippen LogP contribution in [-0.4, -0.2) is 29.5 Å². The van der Waals surface area contributed by atoms with Gasteiger partial charge in [0.15, 0.2) is 5.11 Å². The van der Waals surface area contributed by atoms with Crippen molar-refractivity contribution in [3.63, 3.8) is 0 Å². The molecule has 3 N–H and O–H groups in total. The lowest BCUT2D eigenvalue weighted by Gasteiger charge is -2.11. The maximum absolute atomic E-state index is 12.1. The number of carbonyl (C=O) groups is 3. The quantitative estimate of drug-likeness (QED) is 0.239. The second-order valence-electron chi connectivity index (χ2n) is 7.54. The van der Waals surface area contributed by atoms with Crippen molar-refractivity contribution in [1.82, 2.24) is 5.32 Å². The number of carbonyl (C=O) groups excluding carboxylic acids is 3. The minimum atomic E-state index is -0.307. The molecular formula is C25H31N3O4S. The molecule has 0 atom stereocenters. The number of esters is 1. The van der Waals surface area contributed by atoms with E-state index in [2.05, 4.69) is 16.0 Å². The van der Waals surface area contributed by atoms with Gasteiger partial charge in [0, 0.05) is 30.6 Å². The van der Waals surface area contributed by atoms with Gasteiger partial charge in [0.2, 0.25) is 11.8 Å². The zero-order valence-corrected chi connectivity index (χ0v) is 19.7. The zero-order valence-electron chi connectivity index (χ0n) is 18.9. The third kappa shape index (κ3) is 11.2. The summed E-state index contributed by atoms with van der Waals surface area (Å²) in [6.07, 6.45) is 3.56. The number of benzene rings is 2. The summed E-state index contributed by atoms with van der Waals surface area (Å²) < 4.78 is 5.22. The molecule has 176 valence electrons. The molecule has 0 aromatic heterocycles. The molecule has 7 nitrogen and oxygen atoms in total. The minimum Gasteiger partial charge on any atom is -0.466 e. The first-order valence-corrected chi connectivity index (χ1v) is 11.6. The number of hydrogen-bond acceptors (Lipinski definition) is 5. The van der Waals surface area contributed by atoms with Crippen LogP contribution in [0.25, 0.3) is 0 Å². The fourth-order valence-corrected chi connectivity index (χ4v) is 3.28. The highest BCUT2D eigenvalue weighted by atomic mass is 32.1. The SMILES string of the molecule is CCCC(=O)Nc1cccc(NC(=S)NC(=O)CCCC(=O)OCCCc2ccccc2)c1. The average molecular weight is 470 g/mol. The molecule has 0 radical (unpaired) electrons. The summed E-state index contributed by atoms with van der Waals surface area (Å²) in [7, 11) is 0. The van der Waals surface area contributed by atoms with Gasteiger partial charge in [-0.2, -0.15) is 0 Å². The van der Waals surface area contributed by atoms with E-state index in [1.807, 2.05) is 37.3 Å². The van der Waals surface area contributed by atoms with E-state index in [1.54, 1.807) is 24.3 Å². The van der Waals surface area contributed by atoms with E-state index in [1.165, 1.54) is 5.56 Å². The second-order valence-corrected chi connectivity index (χ2v) is 7.95. The fraction of sp³-hybridized carbons (Fsp3) is 0.360. The lowest BCUT2D eigenvalue weighted by molar-refractivity contribution is -0.143. The number of ether oxygens (including phenoxy) is 1. The molecule has 0 bridgehead atoms. The van der Waals surface area contributed by atoms with Gasteiger partial charge in [-0.1, -0.05) is 43.3 Å². The maximum atomic E-state index is 12.1.